The molecule has 0 spiro atoms. The van der Waals surface area contributed by atoms with Crippen molar-refractivity contribution in [1.82, 2.24) is 10.2 Å². The van der Waals surface area contributed by atoms with Crippen molar-refractivity contribution in [3.05, 3.63) is 63.1 Å². The molecule has 0 bridgehead atoms. The normalized spacial score (nSPS) is 12.2. The summed E-state index contributed by atoms with van der Waals surface area (Å²) >= 11 is 18.1. The monoisotopic (exact) mass is 561 g/mol. The van der Waals surface area contributed by atoms with Crippen LogP contribution in [0.1, 0.15) is 38.7 Å². The molecule has 0 aliphatic heterocycles. The molecule has 2 aromatic rings. The van der Waals surface area contributed by atoms with Crippen LogP contribution >= 0.6 is 34.8 Å². The highest BCUT2D eigenvalue weighted by atomic mass is 35.5. The molecule has 0 fully saturated rings. The molecule has 192 valence electrons. The van der Waals surface area contributed by atoms with Gasteiger partial charge in [-0.25, -0.2) is 8.42 Å². The van der Waals surface area contributed by atoms with E-state index in [1.54, 1.807) is 31.2 Å². The molecule has 1 unspecified atom stereocenters. The molecule has 11 heteroatoms. The van der Waals surface area contributed by atoms with Crippen molar-refractivity contribution in [2.24, 2.45) is 0 Å². The second-order valence-electron chi connectivity index (χ2n) is 8.11. The number of amides is 2. The largest absolute Gasteiger partial charge is 0.354 e. The van der Waals surface area contributed by atoms with Crippen LogP contribution in [0.4, 0.5) is 5.69 Å². The summed E-state index contributed by atoms with van der Waals surface area (Å²) in [7, 11) is -3.88. The molecule has 0 aromatic heterocycles. The Hall–Kier alpha value is -2.00. The highest BCUT2D eigenvalue weighted by Crippen LogP contribution is 2.27. The molecule has 0 aliphatic rings. The molecule has 0 radical (unpaired) electrons. The first-order chi connectivity index (χ1) is 16.5. The zero-order valence-corrected chi connectivity index (χ0v) is 23.0. The van der Waals surface area contributed by atoms with E-state index in [-0.39, 0.29) is 28.2 Å². The summed E-state index contributed by atoms with van der Waals surface area (Å²) in [5, 5.41) is 3.87. The average Bonchev–Trinajstić information content (AvgIpc) is 2.77. The van der Waals surface area contributed by atoms with Crippen LogP contribution in [-0.4, -0.2) is 50.5 Å². The Labute approximate surface area is 222 Å². The summed E-state index contributed by atoms with van der Waals surface area (Å²) < 4.78 is 26.2. The summed E-state index contributed by atoms with van der Waals surface area (Å²) in [6.45, 7) is 3.88. The molecule has 0 saturated heterocycles. The van der Waals surface area contributed by atoms with Gasteiger partial charge in [-0.05, 0) is 48.7 Å². The Kier molecular flexibility index (Phi) is 11.1. The smallest absolute Gasteiger partial charge is 0.244 e. The van der Waals surface area contributed by atoms with E-state index in [0.29, 0.717) is 18.0 Å². The highest BCUT2D eigenvalue weighted by molar-refractivity contribution is 7.92. The number of nitrogens with zero attached hydrogens (tertiary/aromatic N) is 2. The average molecular weight is 563 g/mol. The van der Waals surface area contributed by atoms with Crippen LogP contribution in [-0.2, 0) is 26.2 Å². The van der Waals surface area contributed by atoms with Gasteiger partial charge in [0.05, 0.1) is 11.9 Å². The van der Waals surface area contributed by atoms with Gasteiger partial charge in [0, 0.05) is 28.2 Å². The fraction of sp³-hybridized carbons (Fsp3) is 0.417. The minimum absolute atomic E-state index is 0.101. The summed E-state index contributed by atoms with van der Waals surface area (Å²) in [5.74, 6) is -0.834. The molecule has 2 rings (SSSR count). The molecule has 0 aliphatic carbocycles. The Morgan fingerprint density at radius 2 is 1.57 bits per heavy atom. The second kappa shape index (κ2) is 13.3. The molecule has 0 saturated carbocycles. The van der Waals surface area contributed by atoms with E-state index in [0.717, 1.165) is 29.0 Å². The molecular formula is C24H30Cl3N3O4S. The van der Waals surface area contributed by atoms with E-state index in [9.17, 15) is 18.0 Å². The van der Waals surface area contributed by atoms with Gasteiger partial charge in [0.1, 0.15) is 12.6 Å². The van der Waals surface area contributed by atoms with Crippen LogP contribution in [0.3, 0.4) is 0 Å². The number of anilines is 1. The van der Waals surface area contributed by atoms with Crippen molar-refractivity contribution in [3.8, 4) is 0 Å². The number of hydrogen-bond acceptors (Lipinski definition) is 4. The van der Waals surface area contributed by atoms with Crippen LogP contribution in [0.15, 0.2) is 42.5 Å². The van der Waals surface area contributed by atoms with Crippen molar-refractivity contribution in [2.75, 3.05) is 23.7 Å². The number of nitrogens with one attached hydrogen (secondary N) is 1. The van der Waals surface area contributed by atoms with Gasteiger partial charge in [0.2, 0.25) is 21.8 Å². The molecule has 1 N–H and O–H groups in total. The van der Waals surface area contributed by atoms with E-state index in [1.165, 1.54) is 23.1 Å². The van der Waals surface area contributed by atoms with Crippen molar-refractivity contribution < 1.29 is 18.0 Å². The van der Waals surface area contributed by atoms with Gasteiger partial charge < -0.3 is 10.2 Å². The van der Waals surface area contributed by atoms with Crippen molar-refractivity contribution in [2.45, 2.75) is 45.7 Å². The maximum Gasteiger partial charge on any atom is 0.244 e. The van der Waals surface area contributed by atoms with Gasteiger partial charge in [-0.15, -0.1) is 0 Å². The van der Waals surface area contributed by atoms with Gasteiger partial charge in [-0.3, -0.25) is 13.9 Å². The summed E-state index contributed by atoms with van der Waals surface area (Å²) in [6.07, 6.45) is 3.06. The van der Waals surface area contributed by atoms with Gasteiger partial charge in [-0.1, -0.05) is 67.2 Å². The standard InChI is InChI=1S/C24H30Cl3N3O4S/c1-4-6-11-28-24(32)22(5-2)29(15-17-7-9-18(25)10-8-17)23(31)16-30(35(3,33)34)21-13-19(26)12-20(27)14-21/h7-10,12-14,22H,4-6,11,15-16H2,1-3H3,(H,28,32). The molecular weight excluding hydrogens is 533 g/mol. The zero-order valence-electron chi connectivity index (χ0n) is 19.9. The summed E-state index contributed by atoms with van der Waals surface area (Å²) in [6, 6.07) is 10.4. The number of rotatable bonds is 12. The molecule has 0 heterocycles. The topological polar surface area (TPSA) is 86.8 Å². The number of sulfonamides is 1. The minimum Gasteiger partial charge on any atom is -0.354 e. The van der Waals surface area contributed by atoms with Crippen LogP contribution in [0.25, 0.3) is 0 Å². The second-order valence-corrected chi connectivity index (χ2v) is 11.3. The minimum atomic E-state index is -3.88. The maximum absolute atomic E-state index is 13.6. The molecule has 35 heavy (non-hydrogen) atoms. The van der Waals surface area contributed by atoms with E-state index in [4.69, 9.17) is 34.8 Å². The lowest BCUT2D eigenvalue weighted by atomic mass is 10.1. The van der Waals surface area contributed by atoms with E-state index in [2.05, 4.69) is 5.32 Å². The third-order valence-corrected chi connectivity index (χ3v) is 7.13. The number of benzene rings is 2. The first-order valence-electron chi connectivity index (χ1n) is 11.2. The third kappa shape index (κ3) is 8.86. The van der Waals surface area contributed by atoms with E-state index in [1.807, 2.05) is 6.92 Å². The van der Waals surface area contributed by atoms with Gasteiger partial charge >= 0.3 is 0 Å². The predicted octanol–water partition coefficient (Wildman–Crippen LogP) is 5.14. The number of halogens is 3. The van der Waals surface area contributed by atoms with Crippen LogP contribution < -0.4 is 9.62 Å². The lowest BCUT2D eigenvalue weighted by Crippen LogP contribution is -2.52. The number of carbonyl (C=O) groups is 2. The first kappa shape index (κ1) is 29.2. The number of unbranched alkanes of at least 4 members (excludes halogenated alkanes) is 1. The fourth-order valence-corrected chi connectivity index (χ4v) is 4.98. The highest BCUT2D eigenvalue weighted by Gasteiger charge is 2.31. The van der Waals surface area contributed by atoms with Gasteiger partial charge in [0.15, 0.2) is 0 Å². The van der Waals surface area contributed by atoms with Crippen LogP contribution in [0, 0.1) is 0 Å². The first-order valence-corrected chi connectivity index (χ1v) is 14.2. The van der Waals surface area contributed by atoms with E-state index < -0.39 is 28.5 Å². The lowest BCUT2D eigenvalue weighted by molar-refractivity contribution is -0.140. The van der Waals surface area contributed by atoms with Crippen molar-refractivity contribution in [3.63, 3.8) is 0 Å². The SMILES string of the molecule is CCCCNC(=O)C(CC)N(Cc1ccc(Cl)cc1)C(=O)CN(c1cc(Cl)cc(Cl)c1)S(C)(=O)=O. The van der Waals surface area contributed by atoms with Gasteiger partial charge in [-0.2, -0.15) is 0 Å². The molecule has 2 amide bonds. The van der Waals surface area contributed by atoms with Gasteiger partial charge in [0.25, 0.3) is 0 Å². The maximum atomic E-state index is 13.6. The molecule has 1 atom stereocenters. The molecule has 2 aromatic carbocycles. The Morgan fingerprint density at radius 1 is 0.971 bits per heavy atom. The third-order valence-electron chi connectivity index (χ3n) is 5.30. The quantitative estimate of drug-likeness (QED) is 0.363. The Bertz CT molecular complexity index is 1110. The van der Waals surface area contributed by atoms with E-state index >= 15 is 0 Å². The Morgan fingerprint density at radius 3 is 2.09 bits per heavy atom. The Balaban J connectivity index is 2.42. The summed E-state index contributed by atoms with van der Waals surface area (Å²) in [5.41, 5.74) is 0.907. The number of hydrogen-bond donors (Lipinski definition) is 1. The van der Waals surface area contributed by atoms with Crippen LogP contribution in [0.5, 0.6) is 0 Å². The van der Waals surface area contributed by atoms with Crippen molar-refractivity contribution >= 4 is 62.3 Å². The van der Waals surface area contributed by atoms with Crippen molar-refractivity contribution in [1.29, 1.82) is 0 Å². The number of carbonyl (C=O) groups excluding carboxylic acids is 2. The molecule has 7 nitrogen and oxygen atoms in total. The predicted molar refractivity (Wildman–Crippen MR) is 143 cm³/mol. The zero-order chi connectivity index (χ0) is 26.2. The summed E-state index contributed by atoms with van der Waals surface area (Å²) in [4.78, 5) is 28.0. The fourth-order valence-electron chi connectivity index (χ4n) is 3.51. The lowest BCUT2D eigenvalue weighted by Gasteiger charge is -2.33. The van der Waals surface area contributed by atoms with Crippen LogP contribution in [0.2, 0.25) is 15.1 Å².